The number of oxazole rings is 1. The number of carbonyl (C=O) groups is 2. The van der Waals surface area contributed by atoms with Crippen LogP contribution in [-0.4, -0.2) is 27.1 Å². The second kappa shape index (κ2) is 5.16. The van der Waals surface area contributed by atoms with E-state index in [0.717, 1.165) is 5.56 Å². The van der Waals surface area contributed by atoms with Crippen molar-refractivity contribution in [3.05, 3.63) is 41.3 Å². The summed E-state index contributed by atoms with van der Waals surface area (Å²) in [4.78, 5) is 25.6. The van der Waals surface area contributed by atoms with Crippen LogP contribution in [0.1, 0.15) is 46.4 Å². The average molecular weight is 275 g/mol. The molecule has 0 fully saturated rings. The molecule has 0 saturated heterocycles. The Kier molecular flexibility index (Phi) is 3.56. The zero-order chi connectivity index (χ0) is 14.9. The van der Waals surface area contributed by atoms with E-state index in [1.807, 2.05) is 26.0 Å². The lowest BCUT2D eigenvalue weighted by Crippen LogP contribution is -2.05. The quantitative estimate of drug-likeness (QED) is 0.889. The van der Waals surface area contributed by atoms with Gasteiger partial charge in [0.1, 0.15) is 0 Å². The summed E-state index contributed by atoms with van der Waals surface area (Å²) in [5.74, 6) is -3.22. The lowest BCUT2D eigenvalue weighted by Gasteiger charge is -2.04. The van der Waals surface area contributed by atoms with Gasteiger partial charge >= 0.3 is 11.9 Å². The SMILES string of the molecule is CC(C)c1ccc(-c2nc(C(=O)O)c(C(=O)O)o2)cc1. The first kappa shape index (κ1) is 13.8. The Morgan fingerprint density at radius 3 is 2.10 bits per heavy atom. The lowest BCUT2D eigenvalue weighted by molar-refractivity contribution is 0.0624. The second-order valence-corrected chi connectivity index (χ2v) is 4.58. The third-order valence-corrected chi connectivity index (χ3v) is 2.85. The van der Waals surface area contributed by atoms with Crippen LogP contribution in [0, 0.1) is 0 Å². The van der Waals surface area contributed by atoms with Crippen molar-refractivity contribution in [2.75, 3.05) is 0 Å². The molecule has 1 aromatic heterocycles. The molecule has 20 heavy (non-hydrogen) atoms. The van der Waals surface area contributed by atoms with E-state index >= 15 is 0 Å². The second-order valence-electron chi connectivity index (χ2n) is 4.58. The molecule has 104 valence electrons. The Labute approximate surface area is 114 Å². The van der Waals surface area contributed by atoms with Gasteiger partial charge in [0, 0.05) is 5.56 Å². The lowest BCUT2D eigenvalue weighted by atomic mass is 10.0. The fourth-order valence-corrected chi connectivity index (χ4v) is 1.74. The minimum absolute atomic E-state index is 0.0184. The van der Waals surface area contributed by atoms with Crippen LogP contribution in [0.25, 0.3) is 11.5 Å². The molecule has 0 saturated carbocycles. The molecule has 6 heteroatoms. The molecule has 2 N–H and O–H groups in total. The van der Waals surface area contributed by atoms with Gasteiger partial charge in [-0.1, -0.05) is 26.0 Å². The van der Waals surface area contributed by atoms with Crippen LogP contribution in [0.3, 0.4) is 0 Å². The zero-order valence-electron chi connectivity index (χ0n) is 11.0. The predicted molar refractivity (Wildman–Crippen MR) is 69.9 cm³/mol. The van der Waals surface area contributed by atoms with Crippen LogP contribution >= 0.6 is 0 Å². The number of carboxylic acid groups (broad SMARTS) is 2. The largest absolute Gasteiger partial charge is 0.476 e. The molecule has 0 aliphatic carbocycles. The Hall–Kier alpha value is -2.63. The summed E-state index contributed by atoms with van der Waals surface area (Å²) in [5, 5.41) is 17.8. The minimum atomic E-state index is -1.46. The van der Waals surface area contributed by atoms with E-state index in [9.17, 15) is 9.59 Å². The monoisotopic (exact) mass is 275 g/mol. The molecule has 2 rings (SSSR count). The van der Waals surface area contributed by atoms with Crippen molar-refractivity contribution in [1.82, 2.24) is 4.98 Å². The van der Waals surface area contributed by atoms with Gasteiger partial charge in [-0.15, -0.1) is 0 Å². The number of benzene rings is 1. The van der Waals surface area contributed by atoms with E-state index in [0.29, 0.717) is 11.5 Å². The van der Waals surface area contributed by atoms with Crippen LogP contribution in [0.2, 0.25) is 0 Å². The molecule has 0 radical (unpaired) electrons. The normalized spacial score (nSPS) is 10.8. The molecule has 0 amide bonds. The van der Waals surface area contributed by atoms with E-state index < -0.39 is 23.4 Å². The standard InChI is InChI=1S/C14H13NO5/c1-7(2)8-3-5-9(6-4-8)12-15-10(13(16)17)11(20-12)14(18)19/h3-7H,1-2H3,(H,16,17)(H,18,19). The average Bonchev–Trinajstić information content (AvgIpc) is 2.84. The first-order chi connectivity index (χ1) is 9.40. The van der Waals surface area contributed by atoms with Crippen molar-refractivity contribution in [2.24, 2.45) is 0 Å². The third-order valence-electron chi connectivity index (χ3n) is 2.85. The summed E-state index contributed by atoms with van der Waals surface area (Å²) in [7, 11) is 0. The van der Waals surface area contributed by atoms with Crippen LogP contribution in [0.5, 0.6) is 0 Å². The van der Waals surface area contributed by atoms with Gasteiger partial charge in [-0.3, -0.25) is 0 Å². The fraction of sp³-hybridized carbons (Fsp3) is 0.214. The van der Waals surface area contributed by atoms with Crippen molar-refractivity contribution in [2.45, 2.75) is 19.8 Å². The van der Waals surface area contributed by atoms with Crippen LogP contribution in [-0.2, 0) is 0 Å². The summed E-state index contributed by atoms with van der Waals surface area (Å²) >= 11 is 0. The van der Waals surface area contributed by atoms with Crippen LogP contribution in [0.4, 0.5) is 0 Å². The van der Waals surface area contributed by atoms with Crippen molar-refractivity contribution < 1.29 is 24.2 Å². The van der Waals surface area contributed by atoms with Gasteiger partial charge in [-0.2, -0.15) is 0 Å². The number of nitrogens with zero attached hydrogens (tertiary/aromatic N) is 1. The highest BCUT2D eigenvalue weighted by molar-refractivity contribution is 5.98. The molecule has 0 unspecified atom stereocenters. The summed E-state index contributed by atoms with van der Waals surface area (Å²) < 4.78 is 5.03. The molecular weight excluding hydrogens is 262 g/mol. The van der Waals surface area contributed by atoms with E-state index in [1.54, 1.807) is 12.1 Å². The Bertz CT molecular complexity index is 623. The molecule has 0 aliphatic rings. The highest BCUT2D eigenvalue weighted by Gasteiger charge is 2.25. The number of hydrogen-bond donors (Lipinski definition) is 2. The Morgan fingerprint density at radius 1 is 1.10 bits per heavy atom. The molecular formula is C14H13NO5. The molecule has 0 atom stereocenters. The summed E-state index contributed by atoms with van der Waals surface area (Å²) in [6.07, 6.45) is 0. The van der Waals surface area contributed by atoms with Gasteiger partial charge in [0.25, 0.3) is 0 Å². The number of carboxylic acids is 2. The maximum atomic E-state index is 10.9. The van der Waals surface area contributed by atoms with Crippen LogP contribution < -0.4 is 0 Å². The fourth-order valence-electron chi connectivity index (χ4n) is 1.74. The van der Waals surface area contributed by atoms with Crippen molar-refractivity contribution in [3.63, 3.8) is 0 Å². The van der Waals surface area contributed by atoms with Crippen molar-refractivity contribution in [1.29, 1.82) is 0 Å². The van der Waals surface area contributed by atoms with E-state index in [2.05, 4.69) is 4.98 Å². The first-order valence-corrected chi connectivity index (χ1v) is 5.98. The van der Waals surface area contributed by atoms with E-state index in [4.69, 9.17) is 14.6 Å². The summed E-state index contributed by atoms with van der Waals surface area (Å²) in [6.45, 7) is 4.09. The van der Waals surface area contributed by atoms with Gasteiger partial charge in [0.15, 0.2) is 0 Å². The van der Waals surface area contributed by atoms with E-state index in [-0.39, 0.29) is 5.89 Å². The highest BCUT2D eigenvalue weighted by atomic mass is 16.4. The minimum Gasteiger partial charge on any atom is -0.476 e. The number of hydrogen-bond acceptors (Lipinski definition) is 4. The molecule has 1 aromatic carbocycles. The Balaban J connectivity index is 2.45. The Morgan fingerprint density at radius 2 is 1.70 bits per heavy atom. The van der Waals surface area contributed by atoms with Gasteiger partial charge in [-0.05, 0) is 23.6 Å². The first-order valence-electron chi connectivity index (χ1n) is 5.98. The molecule has 0 aliphatic heterocycles. The van der Waals surface area contributed by atoms with Gasteiger partial charge in [-0.25, -0.2) is 14.6 Å². The number of aromatic carboxylic acids is 2. The maximum absolute atomic E-state index is 10.9. The maximum Gasteiger partial charge on any atom is 0.374 e. The van der Waals surface area contributed by atoms with E-state index in [1.165, 1.54) is 0 Å². The van der Waals surface area contributed by atoms with Crippen molar-refractivity contribution in [3.8, 4) is 11.5 Å². The van der Waals surface area contributed by atoms with Crippen molar-refractivity contribution >= 4 is 11.9 Å². The third kappa shape index (κ3) is 2.54. The van der Waals surface area contributed by atoms with Gasteiger partial charge in [0.2, 0.25) is 17.3 Å². The molecule has 6 nitrogen and oxygen atoms in total. The number of aromatic nitrogens is 1. The zero-order valence-corrected chi connectivity index (χ0v) is 11.0. The van der Waals surface area contributed by atoms with Crippen LogP contribution in [0.15, 0.2) is 28.7 Å². The molecule has 0 bridgehead atoms. The molecule has 1 heterocycles. The number of rotatable bonds is 4. The van der Waals surface area contributed by atoms with Gasteiger partial charge < -0.3 is 14.6 Å². The summed E-state index contributed by atoms with van der Waals surface area (Å²) in [6, 6.07) is 7.17. The van der Waals surface area contributed by atoms with Gasteiger partial charge in [0.05, 0.1) is 0 Å². The topological polar surface area (TPSA) is 101 Å². The highest BCUT2D eigenvalue weighted by Crippen LogP contribution is 2.24. The predicted octanol–water partition coefficient (Wildman–Crippen LogP) is 2.86. The summed E-state index contributed by atoms with van der Waals surface area (Å²) in [5.41, 5.74) is 1.04. The molecule has 2 aromatic rings. The smallest absolute Gasteiger partial charge is 0.374 e. The molecule has 0 spiro atoms.